The van der Waals surface area contributed by atoms with E-state index in [1.165, 1.54) is 41.3 Å². The van der Waals surface area contributed by atoms with Crippen LogP contribution in [0.3, 0.4) is 0 Å². The van der Waals surface area contributed by atoms with E-state index < -0.39 is 15.8 Å². The van der Waals surface area contributed by atoms with E-state index in [2.05, 4.69) is 9.88 Å². The summed E-state index contributed by atoms with van der Waals surface area (Å²) in [7, 11) is -2.21. The number of anilines is 1. The van der Waals surface area contributed by atoms with Crippen LogP contribution in [0.4, 0.5) is 10.1 Å². The molecule has 0 aliphatic heterocycles. The molecule has 146 valence electrons. The van der Waals surface area contributed by atoms with Crippen molar-refractivity contribution >= 4 is 21.6 Å². The number of nitrogens with one attached hydrogen (secondary N) is 1. The normalized spacial score (nSPS) is 11.2. The Morgan fingerprint density at radius 2 is 1.79 bits per heavy atom. The molecule has 0 atom stereocenters. The predicted molar refractivity (Wildman–Crippen MR) is 101 cm³/mol. The first kappa shape index (κ1) is 19.6. The highest BCUT2D eigenvalue weighted by Gasteiger charge is 2.16. The minimum absolute atomic E-state index is 0.0586. The van der Waals surface area contributed by atoms with Gasteiger partial charge in [0.1, 0.15) is 17.3 Å². The van der Waals surface area contributed by atoms with Gasteiger partial charge in [-0.1, -0.05) is 5.16 Å². The van der Waals surface area contributed by atoms with E-state index in [4.69, 9.17) is 4.52 Å². The molecule has 0 radical (unpaired) electrons. The van der Waals surface area contributed by atoms with Crippen molar-refractivity contribution in [1.82, 2.24) is 10.1 Å². The molecule has 0 saturated carbocycles. The fourth-order valence-electron chi connectivity index (χ4n) is 2.54. The first-order valence-corrected chi connectivity index (χ1v) is 9.79. The number of amides is 1. The molecule has 0 saturated heterocycles. The number of carbonyl (C=O) groups excluding carboxylic acids is 1. The number of nitrogens with zero attached hydrogens (tertiary/aromatic N) is 2. The monoisotopic (exact) mass is 403 g/mol. The fourth-order valence-corrected chi connectivity index (χ4v) is 3.59. The van der Waals surface area contributed by atoms with Crippen LogP contribution >= 0.6 is 0 Å². The van der Waals surface area contributed by atoms with Crippen LogP contribution in [0.1, 0.15) is 21.8 Å². The topological polar surface area (TPSA) is 92.5 Å². The zero-order chi connectivity index (χ0) is 20.3. The minimum atomic E-state index is -3.85. The molecule has 0 unspecified atom stereocenters. The number of aromatic nitrogens is 1. The van der Waals surface area contributed by atoms with Crippen LogP contribution in [-0.2, 0) is 16.6 Å². The third kappa shape index (κ3) is 4.55. The number of sulfonamides is 1. The summed E-state index contributed by atoms with van der Waals surface area (Å²) in [5, 5.41) is 3.85. The second-order valence-corrected chi connectivity index (χ2v) is 7.91. The van der Waals surface area contributed by atoms with Gasteiger partial charge in [0.15, 0.2) is 0 Å². The highest BCUT2D eigenvalue weighted by Crippen LogP contribution is 2.18. The highest BCUT2D eigenvalue weighted by molar-refractivity contribution is 7.92. The summed E-state index contributed by atoms with van der Waals surface area (Å²) < 4.78 is 45.0. The zero-order valence-corrected chi connectivity index (χ0v) is 16.0. The van der Waals surface area contributed by atoms with Gasteiger partial charge in [0.2, 0.25) is 0 Å². The minimum Gasteiger partial charge on any atom is -0.361 e. The average molecular weight is 403 g/mol. The van der Waals surface area contributed by atoms with E-state index in [0.29, 0.717) is 17.0 Å². The number of rotatable bonds is 6. The quantitative estimate of drug-likeness (QED) is 0.682. The van der Waals surface area contributed by atoms with Crippen molar-refractivity contribution in [3.63, 3.8) is 0 Å². The van der Waals surface area contributed by atoms with E-state index in [-0.39, 0.29) is 23.0 Å². The smallest absolute Gasteiger partial charge is 0.261 e. The van der Waals surface area contributed by atoms with Gasteiger partial charge in [-0.2, -0.15) is 0 Å². The molecule has 0 fully saturated rings. The molecule has 1 heterocycles. The van der Waals surface area contributed by atoms with Crippen molar-refractivity contribution in [2.45, 2.75) is 18.4 Å². The number of benzene rings is 2. The van der Waals surface area contributed by atoms with Crippen LogP contribution in [-0.4, -0.2) is 31.4 Å². The standard InChI is InChI=1S/C19H18FN3O4S/c1-13-11-17(21-27-13)12-23(2)19(24)14-3-7-16(8-4-14)22-28(25,26)18-9-5-15(20)6-10-18/h3-11,22H,12H2,1-2H3. The number of halogens is 1. The molecule has 9 heteroatoms. The number of hydrogen-bond acceptors (Lipinski definition) is 5. The van der Waals surface area contributed by atoms with Crippen molar-refractivity contribution in [3.8, 4) is 0 Å². The lowest BCUT2D eigenvalue weighted by Crippen LogP contribution is -2.26. The van der Waals surface area contributed by atoms with Crippen molar-refractivity contribution in [3.05, 3.63) is 77.4 Å². The Kier molecular flexibility index (Phi) is 5.46. The summed E-state index contributed by atoms with van der Waals surface area (Å²) in [4.78, 5) is 13.9. The zero-order valence-electron chi connectivity index (χ0n) is 15.2. The molecular weight excluding hydrogens is 385 g/mol. The Hall–Kier alpha value is -3.20. The number of hydrogen-bond donors (Lipinski definition) is 1. The number of aryl methyl sites for hydroxylation is 1. The van der Waals surface area contributed by atoms with Crippen molar-refractivity contribution in [2.24, 2.45) is 0 Å². The number of carbonyl (C=O) groups is 1. The van der Waals surface area contributed by atoms with Crippen molar-refractivity contribution in [2.75, 3.05) is 11.8 Å². The maximum Gasteiger partial charge on any atom is 0.261 e. The Morgan fingerprint density at radius 3 is 2.36 bits per heavy atom. The lowest BCUT2D eigenvalue weighted by Gasteiger charge is -2.16. The van der Waals surface area contributed by atoms with Gasteiger partial charge in [0, 0.05) is 24.4 Å². The van der Waals surface area contributed by atoms with Crippen LogP contribution in [0.25, 0.3) is 0 Å². The highest BCUT2D eigenvalue weighted by atomic mass is 32.2. The third-order valence-electron chi connectivity index (χ3n) is 3.93. The van der Waals surface area contributed by atoms with Crippen LogP contribution < -0.4 is 4.72 Å². The molecule has 3 rings (SSSR count). The van der Waals surface area contributed by atoms with Crippen molar-refractivity contribution < 1.29 is 22.1 Å². The van der Waals surface area contributed by atoms with Crippen LogP contribution in [0.5, 0.6) is 0 Å². The molecular formula is C19H18FN3O4S. The largest absolute Gasteiger partial charge is 0.361 e. The Morgan fingerprint density at radius 1 is 1.14 bits per heavy atom. The lowest BCUT2D eigenvalue weighted by molar-refractivity contribution is 0.0782. The summed E-state index contributed by atoms with van der Waals surface area (Å²) in [6, 6.07) is 12.3. The molecule has 0 aliphatic rings. The molecule has 28 heavy (non-hydrogen) atoms. The molecule has 1 aromatic heterocycles. The molecule has 7 nitrogen and oxygen atoms in total. The SMILES string of the molecule is Cc1cc(CN(C)C(=O)c2ccc(NS(=O)(=O)c3ccc(F)cc3)cc2)no1. The summed E-state index contributed by atoms with van der Waals surface area (Å²) >= 11 is 0. The van der Waals surface area contributed by atoms with Gasteiger partial charge in [0.05, 0.1) is 11.4 Å². The van der Waals surface area contributed by atoms with Gasteiger partial charge in [-0.15, -0.1) is 0 Å². The second-order valence-electron chi connectivity index (χ2n) is 6.23. The molecule has 1 N–H and O–H groups in total. The Bertz CT molecular complexity index is 1080. The van der Waals surface area contributed by atoms with E-state index in [1.54, 1.807) is 20.0 Å². The summed E-state index contributed by atoms with van der Waals surface area (Å²) in [5.41, 5.74) is 1.32. The summed E-state index contributed by atoms with van der Waals surface area (Å²) in [5.74, 6) is -0.103. The van der Waals surface area contributed by atoms with E-state index in [9.17, 15) is 17.6 Å². The van der Waals surface area contributed by atoms with E-state index in [1.807, 2.05) is 0 Å². The second kappa shape index (κ2) is 7.81. The predicted octanol–water partition coefficient (Wildman–Crippen LogP) is 3.20. The Balaban J connectivity index is 1.68. The van der Waals surface area contributed by atoms with E-state index in [0.717, 1.165) is 12.1 Å². The molecule has 2 aromatic carbocycles. The van der Waals surface area contributed by atoms with Gasteiger partial charge in [0.25, 0.3) is 15.9 Å². The molecule has 3 aromatic rings. The molecule has 1 amide bonds. The molecule has 0 bridgehead atoms. The molecule has 0 aliphatic carbocycles. The van der Waals surface area contributed by atoms with Gasteiger partial charge in [-0.3, -0.25) is 9.52 Å². The van der Waals surface area contributed by atoms with Gasteiger partial charge in [-0.05, 0) is 55.5 Å². The van der Waals surface area contributed by atoms with Crippen molar-refractivity contribution in [1.29, 1.82) is 0 Å². The van der Waals surface area contributed by atoms with Gasteiger partial charge < -0.3 is 9.42 Å². The van der Waals surface area contributed by atoms with Gasteiger partial charge >= 0.3 is 0 Å². The molecule has 0 spiro atoms. The summed E-state index contributed by atoms with van der Waals surface area (Å²) in [6.07, 6.45) is 0. The van der Waals surface area contributed by atoms with Gasteiger partial charge in [-0.25, -0.2) is 12.8 Å². The van der Waals surface area contributed by atoms with Crippen LogP contribution in [0.15, 0.2) is 64.0 Å². The van der Waals surface area contributed by atoms with Crippen LogP contribution in [0, 0.1) is 12.7 Å². The van der Waals surface area contributed by atoms with E-state index >= 15 is 0 Å². The maximum atomic E-state index is 13.0. The lowest BCUT2D eigenvalue weighted by atomic mass is 10.2. The van der Waals surface area contributed by atoms with Crippen LogP contribution in [0.2, 0.25) is 0 Å². The summed E-state index contributed by atoms with van der Waals surface area (Å²) in [6.45, 7) is 2.05. The first-order valence-electron chi connectivity index (χ1n) is 8.31. The fraction of sp³-hybridized carbons (Fsp3) is 0.158. The average Bonchev–Trinajstić information content (AvgIpc) is 3.06. The maximum absolute atomic E-state index is 13.0. The Labute approximate surface area is 161 Å². The third-order valence-corrected chi connectivity index (χ3v) is 5.33. The first-order chi connectivity index (χ1) is 13.2.